The smallest absolute Gasteiger partial charge is 0.407 e. The number of aliphatic hydroxyl groups is 1. The average molecular weight is 710 g/mol. The first kappa shape index (κ1) is 35.5. The summed E-state index contributed by atoms with van der Waals surface area (Å²) in [4.78, 5) is 34.1. The van der Waals surface area contributed by atoms with Crippen molar-refractivity contribution < 1.29 is 27.4 Å². The number of amides is 1. The molecule has 268 valence electrons. The number of halogens is 1. The third kappa shape index (κ3) is 8.16. The molecule has 0 bridgehead atoms. The normalized spacial score (nSPS) is 17.9. The van der Waals surface area contributed by atoms with Crippen molar-refractivity contribution in [3.63, 3.8) is 0 Å². The van der Waals surface area contributed by atoms with Crippen molar-refractivity contribution in [2.75, 3.05) is 42.6 Å². The van der Waals surface area contributed by atoms with Gasteiger partial charge in [-0.25, -0.2) is 22.6 Å². The average Bonchev–Trinajstić information content (AvgIpc) is 3.39. The Bertz CT molecular complexity index is 2030. The summed E-state index contributed by atoms with van der Waals surface area (Å²) in [6, 6.07) is 12.6. The second-order valence-corrected chi connectivity index (χ2v) is 16.6. The number of aromatic nitrogens is 4. The first-order valence-electron chi connectivity index (χ1n) is 16.7. The Kier molecular flexibility index (Phi) is 9.76. The van der Waals surface area contributed by atoms with Gasteiger partial charge in [-0.2, -0.15) is 5.10 Å². The van der Waals surface area contributed by atoms with E-state index in [0.717, 1.165) is 11.1 Å². The maximum Gasteiger partial charge on any atom is 0.407 e. The van der Waals surface area contributed by atoms with Crippen LogP contribution in [0.3, 0.4) is 0 Å². The lowest BCUT2D eigenvalue weighted by molar-refractivity contribution is -0.0366. The monoisotopic (exact) mass is 709 g/mol. The molecule has 0 atom stereocenters. The fraction of sp³-hybridized carbons (Fsp3) is 0.486. The van der Waals surface area contributed by atoms with Gasteiger partial charge in [0.25, 0.3) is 5.56 Å². The molecule has 2 N–H and O–H groups in total. The minimum absolute atomic E-state index is 0.0580. The molecule has 0 saturated carbocycles. The van der Waals surface area contributed by atoms with E-state index in [1.165, 1.54) is 17.0 Å². The lowest BCUT2D eigenvalue weighted by Gasteiger charge is -2.38. The molecular formula is C35H44FN7O6S. The number of hydrogen-bond acceptors (Lipinski definition) is 10. The van der Waals surface area contributed by atoms with Crippen molar-refractivity contribution in [1.82, 2.24) is 29.5 Å². The van der Waals surface area contributed by atoms with Gasteiger partial charge >= 0.3 is 6.09 Å². The van der Waals surface area contributed by atoms with Crippen molar-refractivity contribution in [2.24, 2.45) is 7.05 Å². The van der Waals surface area contributed by atoms with E-state index in [9.17, 15) is 23.1 Å². The quantitative estimate of drug-likeness (QED) is 0.279. The Balaban J connectivity index is 1.07. The number of alkyl carbamates (subject to hydrolysis) is 1. The number of carbonyl (C=O) groups is 1. The Morgan fingerprint density at radius 3 is 2.36 bits per heavy atom. The topological polar surface area (TPSA) is 152 Å². The summed E-state index contributed by atoms with van der Waals surface area (Å²) in [7, 11) is -1.27. The number of piperidine rings is 1. The molecule has 2 saturated heterocycles. The molecule has 2 aliphatic rings. The number of aryl methyl sites for hydroxylation is 1. The Hall–Kier alpha value is -4.34. The zero-order valence-corrected chi connectivity index (χ0v) is 29.7. The van der Waals surface area contributed by atoms with Crippen molar-refractivity contribution in [2.45, 2.75) is 64.4 Å². The molecule has 4 aromatic rings. The van der Waals surface area contributed by atoms with Crippen LogP contribution in [-0.2, 0) is 41.3 Å². The van der Waals surface area contributed by atoms with Gasteiger partial charge in [-0.05, 0) is 51.3 Å². The molecule has 6 rings (SSSR count). The summed E-state index contributed by atoms with van der Waals surface area (Å²) in [5, 5.41) is 18.7. The van der Waals surface area contributed by atoms with Crippen LogP contribution in [0.2, 0.25) is 0 Å². The van der Waals surface area contributed by atoms with E-state index >= 15 is 4.39 Å². The van der Waals surface area contributed by atoms with Gasteiger partial charge in [0.05, 0.1) is 35.7 Å². The Morgan fingerprint density at radius 1 is 1.04 bits per heavy atom. The molecule has 2 aromatic carbocycles. The van der Waals surface area contributed by atoms with Gasteiger partial charge in [-0.15, -0.1) is 0 Å². The van der Waals surface area contributed by atoms with Gasteiger partial charge < -0.3 is 20.1 Å². The van der Waals surface area contributed by atoms with Crippen LogP contribution in [0.25, 0.3) is 22.3 Å². The van der Waals surface area contributed by atoms with Crippen LogP contribution in [0.5, 0.6) is 0 Å². The third-order valence-electron chi connectivity index (χ3n) is 9.27. The number of fused-ring (bicyclic) bond motifs is 1. The molecule has 0 aliphatic carbocycles. The molecule has 4 heterocycles. The molecule has 1 amide bonds. The SMILES string of the molecule is Cn1nc2c(=O)n(CC3(O)CCN(Cc4ccc(N5CCS(=O)(=O)CC5)cc4F)CC3)cnc2c1-c1ccc(CNC(=O)OC(C)(C)C)cc1. The molecule has 2 aliphatic heterocycles. The van der Waals surface area contributed by atoms with Gasteiger partial charge in [-0.3, -0.25) is 18.9 Å². The van der Waals surface area contributed by atoms with Crippen LogP contribution < -0.4 is 15.8 Å². The number of likely N-dealkylation sites (tertiary alicyclic amines) is 1. The first-order valence-corrected chi connectivity index (χ1v) is 18.6. The number of sulfone groups is 1. The Morgan fingerprint density at radius 2 is 1.72 bits per heavy atom. The van der Waals surface area contributed by atoms with E-state index in [4.69, 9.17) is 4.74 Å². The molecule has 50 heavy (non-hydrogen) atoms. The van der Waals surface area contributed by atoms with Crippen molar-refractivity contribution in [3.05, 3.63) is 76.1 Å². The fourth-order valence-corrected chi connectivity index (χ4v) is 7.68. The first-order chi connectivity index (χ1) is 23.6. The highest BCUT2D eigenvalue weighted by Gasteiger charge is 2.34. The molecule has 15 heteroatoms. The van der Waals surface area contributed by atoms with Crippen LogP contribution in [0.15, 0.2) is 53.6 Å². The number of anilines is 1. The van der Waals surface area contributed by atoms with Crippen molar-refractivity contribution in [1.29, 1.82) is 0 Å². The number of benzene rings is 2. The van der Waals surface area contributed by atoms with E-state index < -0.39 is 27.1 Å². The maximum atomic E-state index is 15.1. The second-order valence-electron chi connectivity index (χ2n) is 14.3. The lowest BCUT2D eigenvalue weighted by atomic mass is 9.91. The van der Waals surface area contributed by atoms with Crippen LogP contribution in [0, 0.1) is 5.82 Å². The second kappa shape index (κ2) is 13.8. The van der Waals surface area contributed by atoms with Crippen LogP contribution in [-0.4, -0.2) is 92.7 Å². The molecule has 13 nitrogen and oxygen atoms in total. The number of nitrogens with zero attached hydrogens (tertiary/aromatic N) is 6. The molecule has 2 fully saturated rings. The fourth-order valence-electron chi connectivity index (χ4n) is 6.48. The van der Waals surface area contributed by atoms with E-state index in [1.807, 2.05) is 35.2 Å². The summed E-state index contributed by atoms with van der Waals surface area (Å²) >= 11 is 0. The highest BCUT2D eigenvalue weighted by molar-refractivity contribution is 7.91. The van der Waals surface area contributed by atoms with E-state index in [0.29, 0.717) is 74.6 Å². The van der Waals surface area contributed by atoms with Gasteiger partial charge in [0.2, 0.25) is 0 Å². The van der Waals surface area contributed by atoms with Crippen LogP contribution in [0.4, 0.5) is 14.9 Å². The van der Waals surface area contributed by atoms with Gasteiger partial charge in [0.15, 0.2) is 15.4 Å². The highest BCUT2D eigenvalue weighted by Crippen LogP contribution is 2.29. The van der Waals surface area contributed by atoms with Gasteiger partial charge in [0, 0.05) is 63.1 Å². The molecule has 0 unspecified atom stereocenters. The molecular weight excluding hydrogens is 665 g/mol. The van der Waals surface area contributed by atoms with Crippen LogP contribution in [0.1, 0.15) is 44.7 Å². The summed E-state index contributed by atoms with van der Waals surface area (Å²) < 4.78 is 46.9. The number of nitrogens with one attached hydrogen (secondary N) is 1. The minimum atomic E-state index is -3.02. The summed E-state index contributed by atoms with van der Waals surface area (Å²) in [6.07, 6.45) is 1.74. The molecule has 0 radical (unpaired) electrons. The summed E-state index contributed by atoms with van der Waals surface area (Å²) in [6.45, 7) is 7.88. The molecule has 2 aromatic heterocycles. The Labute approximate surface area is 290 Å². The standard InChI is InChI=1S/C35H44FN7O6S/c1-34(2,3)49-33(45)37-20-24-5-7-25(8-6-24)31-29-30(39-40(31)4)32(44)43(23-38-29)22-35(46)11-13-41(14-12-35)21-26-9-10-27(19-28(26)36)42-15-17-50(47,48)18-16-42/h5-10,19,23,46H,11-18,20-22H2,1-4H3,(H,37,45). The highest BCUT2D eigenvalue weighted by atomic mass is 32.2. The zero-order chi connectivity index (χ0) is 35.8. The summed E-state index contributed by atoms with van der Waals surface area (Å²) in [5.74, 6) is -0.206. The predicted octanol–water partition coefficient (Wildman–Crippen LogP) is 3.22. The summed E-state index contributed by atoms with van der Waals surface area (Å²) in [5.41, 5.74) is 2.14. The number of ether oxygens (including phenoxy) is 1. The zero-order valence-electron chi connectivity index (χ0n) is 28.9. The minimum Gasteiger partial charge on any atom is -0.444 e. The number of rotatable bonds is 8. The largest absolute Gasteiger partial charge is 0.444 e. The van der Waals surface area contributed by atoms with Crippen molar-refractivity contribution in [3.8, 4) is 11.3 Å². The third-order valence-corrected chi connectivity index (χ3v) is 10.9. The van der Waals surface area contributed by atoms with Gasteiger partial charge in [-0.1, -0.05) is 30.3 Å². The number of hydrogen-bond donors (Lipinski definition) is 2. The van der Waals surface area contributed by atoms with Crippen LogP contribution >= 0.6 is 0 Å². The van der Waals surface area contributed by atoms with Crippen molar-refractivity contribution >= 4 is 32.7 Å². The van der Waals surface area contributed by atoms with E-state index in [1.54, 1.807) is 38.6 Å². The molecule has 0 spiro atoms. The van der Waals surface area contributed by atoms with E-state index in [2.05, 4.69) is 20.3 Å². The number of carbonyl (C=O) groups excluding carboxylic acids is 1. The lowest BCUT2D eigenvalue weighted by Crippen LogP contribution is -2.47. The van der Waals surface area contributed by atoms with E-state index in [-0.39, 0.29) is 34.9 Å². The predicted molar refractivity (Wildman–Crippen MR) is 188 cm³/mol. The maximum absolute atomic E-state index is 15.1. The van der Waals surface area contributed by atoms with Gasteiger partial charge in [0.1, 0.15) is 16.9 Å².